The fourth-order valence-corrected chi connectivity index (χ4v) is 2.28. The number of alkyl halides is 3. The first-order valence-corrected chi connectivity index (χ1v) is 7.65. The average molecular weight is 366 g/mol. The molecule has 1 aromatic carbocycles. The van der Waals surface area contributed by atoms with Crippen molar-refractivity contribution < 1.29 is 23.0 Å². The van der Waals surface area contributed by atoms with Crippen LogP contribution in [0.3, 0.4) is 0 Å². The molecule has 0 fully saturated rings. The van der Waals surface area contributed by atoms with Gasteiger partial charge in [-0.05, 0) is 24.3 Å². The number of nitrogen functional groups attached to an aromatic ring is 1. The molecule has 0 saturated heterocycles. The molecule has 0 amide bonds. The van der Waals surface area contributed by atoms with Gasteiger partial charge in [-0.1, -0.05) is 0 Å². The van der Waals surface area contributed by atoms with Gasteiger partial charge in [0.1, 0.15) is 11.8 Å². The van der Waals surface area contributed by atoms with Gasteiger partial charge in [0.05, 0.1) is 29.2 Å². The number of aliphatic hydroxyl groups excluding tert-OH is 1. The molecule has 0 aliphatic heterocycles. The summed E-state index contributed by atoms with van der Waals surface area (Å²) in [6.07, 6.45) is -4.42. The van der Waals surface area contributed by atoms with Crippen LogP contribution in [0.1, 0.15) is 17.7 Å². The van der Waals surface area contributed by atoms with Crippen LogP contribution in [-0.4, -0.2) is 30.4 Å². The van der Waals surface area contributed by atoms with E-state index in [1.165, 1.54) is 18.2 Å². The van der Waals surface area contributed by atoms with Gasteiger partial charge in [0.15, 0.2) is 5.69 Å². The van der Waals surface area contributed by atoms with E-state index in [2.05, 4.69) is 10.3 Å². The van der Waals surface area contributed by atoms with Gasteiger partial charge in [0, 0.05) is 25.6 Å². The van der Waals surface area contributed by atoms with Gasteiger partial charge in [-0.25, -0.2) is 4.98 Å². The Labute approximate surface area is 148 Å². The average Bonchev–Trinajstić information content (AvgIpc) is 2.61. The fourth-order valence-electron chi connectivity index (χ4n) is 2.28. The predicted octanol–water partition coefficient (Wildman–Crippen LogP) is 3.02. The molecule has 1 heterocycles. The number of halogens is 3. The van der Waals surface area contributed by atoms with Crippen LogP contribution in [0.5, 0.6) is 5.75 Å². The monoisotopic (exact) mass is 366 g/mol. The maximum absolute atomic E-state index is 13.4. The maximum Gasteiger partial charge on any atom is 0.419 e. The van der Waals surface area contributed by atoms with E-state index in [0.29, 0.717) is 5.69 Å². The van der Waals surface area contributed by atoms with Crippen LogP contribution in [0.25, 0.3) is 11.3 Å². The third kappa shape index (κ3) is 4.15. The van der Waals surface area contributed by atoms with Gasteiger partial charge >= 0.3 is 6.18 Å². The van der Waals surface area contributed by atoms with Crippen molar-refractivity contribution in [2.24, 2.45) is 0 Å². The van der Waals surface area contributed by atoms with Crippen molar-refractivity contribution in [3.63, 3.8) is 0 Å². The lowest BCUT2D eigenvalue weighted by Gasteiger charge is -2.16. The number of aromatic nitrogens is 1. The highest BCUT2D eigenvalue weighted by atomic mass is 19.4. The van der Waals surface area contributed by atoms with Crippen LogP contribution in [0, 0.1) is 11.3 Å². The van der Waals surface area contributed by atoms with Crippen LogP contribution in [0.15, 0.2) is 24.3 Å². The van der Waals surface area contributed by atoms with Gasteiger partial charge < -0.3 is 20.9 Å². The Morgan fingerprint density at radius 2 is 2.08 bits per heavy atom. The Morgan fingerprint density at radius 3 is 2.65 bits per heavy atom. The second-order valence-electron chi connectivity index (χ2n) is 5.31. The van der Waals surface area contributed by atoms with E-state index in [1.807, 2.05) is 6.07 Å². The number of aliphatic hydroxyl groups is 1. The zero-order valence-electron chi connectivity index (χ0n) is 13.9. The quantitative estimate of drug-likeness (QED) is 0.679. The molecule has 0 atom stereocenters. The maximum atomic E-state index is 13.4. The Hall–Kier alpha value is -2.99. The third-order valence-corrected chi connectivity index (χ3v) is 3.57. The summed E-state index contributed by atoms with van der Waals surface area (Å²) in [6, 6.07) is 6.82. The largest absolute Gasteiger partial charge is 0.493 e. The molecule has 0 aliphatic rings. The Kier molecular flexibility index (Phi) is 5.90. The first-order valence-electron chi connectivity index (χ1n) is 7.65. The van der Waals surface area contributed by atoms with Crippen LogP contribution in [0.4, 0.5) is 24.5 Å². The van der Waals surface area contributed by atoms with E-state index >= 15 is 0 Å². The van der Waals surface area contributed by atoms with Crippen molar-refractivity contribution in [2.45, 2.75) is 12.6 Å². The number of hydrogen-bond donors (Lipinski definition) is 3. The zero-order chi connectivity index (χ0) is 19.3. The van der Waals surface area contributed by atoms with E-state index in [0.717, 1.165) is 6.07 Å². The lowest BCUT2D eigenvalue weighted by molar-refractivity contribution is -0.138. The van der Waals surface area contributed by atoms with Crippen LogP contribution in [0.2, 0.25) is 0 Å². The summed E-state index contributed by atoms with van der Waals surface area (Å²) >= 11 is 0. The van der Waals surface area contributed by atoms with Crippen molar-refractivity contribution in [1.29, 1.82) is 5.26 Å². The molecule has 26 heavy (non-hydrogen) atoms. The predicted molar refractivity (Wildman–Crippen MR) is 90.5 cm³/mol. The number of hydrogen-bond acceptors (Lipinski definition) is 6. The van der Waals surface area contributed by atoms with Gasteiger partial charge in [0.2, 0.25) is 0 Å². The van der Waals surface area contributed by atoms with Crippen LogP contribution in [-0.2, 0) is 6.18 Å². The summed E-state index contributed by atoms with van der Waals surface area (Å²) in [6.45, 7) is -0.222. The number of benzene rings is 1. The Morgan fingerprint density at radius 1 is 1.35 bits per heavy atom. The summed E-state index contributed by atoms with van der Waals surface area (Å²) in [5, 5.41) is 20.6. The first kappa shape index (κ1) is 19.3. The van der Waals surface area contributed by atoms with Crippen LogP contribution >= 0.6 is 0 Å². The number of anilines is 2. The lowest BCUT2D eigenvalue weighted by Crippen LogP contribution is -2.10. The molecule has 4 N–H and O–H groups in total. The van der Waals surface area contributed by atoms with Crippen molar-refractivity contribution in [1.82, 2.24) is 4.98 Å². The number of pyridine rings is 1. The summed E-state index contributed by atoms with van der Waals surface area (Å²) in [5.41, 5.74) is 5.59. The number of nitrogens with one attached hydrogen (secondary N) is 1. The number of nitrogens with two attached hydrogens (primary N) is 1. The number of nitrogens with zero attached hydrogens (tertiary/aromatic N) is 2. The molecule has 2 aromatic rings. The van der Waals surface area contributed by atoms with Gasteiger partial charge in [-0.3, -0.25) is 0 Å². The minimum atomic E-state index is -4.64. The summed E-state index contributed by atoms with van der Waals surface area (Å²) < 4.78 is 45.2. The van der Waals surface area contributed by atoms with E-state index in [1.54, 1.807) is 7.05 Å². The number of rotatable bonds is 6. The Balaban J connectivity index is 2.53. The summed E-state index contributed by atoms with van der Waals surface area (Å²) in [7, 11) is 1.58. The minimum Gasteiger partial charge on any atom is -0.493 e. The molecule has 0 aliphatic carbocycles. The standard InChI is InChI=1S/C17H17F3N4O2/c1-23-13-8-12(24-14(9-21)16(13)22)10-3-4-15(26-6-2-5-25)11(7-10)17(18,19)20/h3-4,7-8,25H,2,5-6,22H2,1H3,(H,23,24). The topological polar surface area (TPSA) is 104 Å². The molecule has 138 valence electrons. The second-order valence-corrected chi connectivity index (χ2v) is 5.31. The summed E-state index contributed by atoms with van der Waals surface area (Å²) in [5.74, 6) is -0.334. The van der Waals surface area contributed by atoms with E-state index in [-0.39, 0.29) is 48.0 Å². The third-order valence-electron chi connectivity index (χ3n) is 3.57. The first-order chi connectivity index (χ1) is 12.3. The smallest absolute Gasteiger partial charge is 0.419 e. The van der Waals surface area contributed by atoms with E-state index in [9.17, 15) is 13.2 Å². The molecule has 1 aromatic heterocycles. The van der Waals surface area contributed by atoms with Gasteiger partial charge in [-0.2, -0.15) is 18.4 Å². The van der Waals surface area contributed by atoms with Crippen LogP contribution < -0.4 is 15.8 Å². The Bertz CT molecular complexity index is 832. The normalized spacial score (nSPS) is 11.1. The molecule has 0 saturated carbocycles. The molecule has 0 radical (unpaired) electrons. The van der Waals surface area contributed by atoms with Gasteiger partial charge in [-0.15, -0.1) is 0 Å². The fraction of sp³-hybridized carbons (Fsp3) is 0.294. The minimum absolute atomic E-state index is 0.0401. The van der Waals surface area contributed by atoms with E-state index in [4.69, 9.17) is 20.8 Å². The molecule has 0 bridgehead atoms. The van der Waals surface area contributed by atoms with Crippen molar-refractivity contribution in [2.75, 3.05) is 31.3 Å². The molecular formula is C17H17F3N4O2. The summed E-state index contributed by atoms with van der Waals surface area (Å²) in [4.78, 5) is 4.03. The van der Waals surface area contributed by atoms with Crippen molar-refractivity contribution >= 4 is 11.4 Å². The molecule has 0 unspecified atom stereocenters. The SMILES string of the molecule is CNc1cc(-c2ccc(OCCCO)c(C(F)(F)F)c2)nc(C#N)c1N. The molecule has 0 spiro atoms. The molecule has 9 heteroatoms. The number of nitriles is 1. The highest BCUT2D eigenvalue weighted by molar-refractivity contribution is 5.77. The highest BCUT2D eigenvalue weighted by Crippen LogP contribution is 2.39. The molecular weight excluding hydrogens is 349 g/mol. The van der Waals surface area contributed by atoms with Gasteiger partial charge in [0.25, 0.3) is 0 Å². The number of ether oxygens (including phenoxy) is 1. The second kappa shape index (κ2) is 7.93. The lowest BCUT2D eigenvalue weighted by atomic mass is 10.0. The van der Waals surface area contributed by atoms with E-state index < -0.39 is 11.7 Å². The zero-order valence-corrected chi connectivity index (χ0v) is 13.9. The van der Waals surface area contributed by atoms with Crippen molar-refractivity contribution in [3.05, 3.63) is 35.5 Å². The van der Waals surface area contributed by atoms with Crippen molar-refractivity contribution in [3.8, 4) is 23.1 Å². The highest BCUT2D eigenvalue weighted by Gasteiger charge is 2.35. The molecule has 2 rings (SSSR count). The molecule has 6 nitrogen and oxygen atoms in total.